The summed E-state index contributed by atoms with van der Waals surface area (Å²) in [6.45, 7) is 4.47. The average molecular weight is 228 g/mol. The van der Waals surface area contributed by atoms with Gasteiger partial charge in [-0.3, -0.25) is 0 Å². The molecular weight excluding hydrogens is 208 g/mol. The molecule has 4 heteroatoms. The summed E-state index contributed by atoms with van der Waals surface area (Å²) in [4.78, 5) is 12.0. The van der Waals surface area contributed by atoms with Crippen molar-refractivity contribution in [2.45, 2.75) is 37.9 Å². The number of rotatable bonds is 5. The molecule has 0 N–H and O–H groups in total. The Balaban J connectivity index is 2.26. The third-order valence-corrected chi connectivity index (χ3v) is 3.83. The lowest BCUT2D eigenvalue weighted by Crippen LogP contribution is -2.43. The van der Waals surface area contributed by atoms with Crippen LogP contribution < -0.4 is 0 Å². The van der Waals surface area contributed by atoms with Gasteiger partial charge in [-0.2, -0.15) is 0 Å². The summed E-state index contributed by atoms with van der Waals surface area (Å²) in [7, 11) is 3.06. The lowest BCUT2D eigenvalue weighted by atomic mass is 9.81. The summed E-state index contributed by atoms with van der Waals surface area (Å²) in [5.74, 6) is 0.302. The van der Waals surface area contributed by atoms with Crippen LogP contribution in [0.2, 0.25) is 0 Å². The van der Waals surface area contributed by atoms with Crippen LogP contribution in [-0.4, -0.2) is 38.0 Å². The van der Waals surface area contributed by atoms with E-state index in [2.05, 4.69) is 0 Å². The molecule has 1 aliphatic heterocycles. The first-order chi connectivity index (χ1) is 7.55. The minimum Gasteiger partial charge on any atom is -0.467 e. The molecule has 1 saturated carbocycles. The molecule has 0 aromatic heterocycles. The van der Waals surface area contributed by atoms with Crippen molar-refractivity contribution in [2.75, 3.05) is 20.8 Å². The number of hydrogen-bond acceptors (Lipinski definition) is 4. The monoisotopic (exact) mass is 228 g/mol. The van der Waals surface area contributed by atoms with E-state index < -0.39 is 11.2 Å². The van der Waals surface area contributed by atoms with Crippen molar-refractivity contribution in [3.63, 3.8) is 0 Å². The van der Waals surface area contributed by atoms with E-state index in [0.717, 1.165) is 12.8 Å². The number of methoxy groups -OCH3 is 2. The van der Waals surface area contributed by atoms with E-state index in [4.69, 9.17) is 14.2 Å². The van der Waals surface area contributed by atoms with Gasteiger partial charge in [-0.05, 0) is 24.7 Å². The molecule has 1 saturated heterocycles. The highest BCUT2D eigenvalue weighted by molar-refractivity contribution is 5.85. The van der Waals surface area contributed by atoms with Crippen molar-refractivity contribution in [2.24, 2.45) is 11.8 Å². The summed E-state index contributed by atoms with van der Waals surface area (Å²) < 4.78 is 16.0. The fraction of sp³-hybridized carbons (Fsp3) is 0.917. The van der Waals surface area contributed by atoms with E-state index in [-0.39, 0.29) is 11.9 Å². The van der Waals surface area contributed by atoms with E-state index in [1.54, 1.807) is 7.11 Å². The second-order valence-electron chi connectivity index (χ2n) is 5.08. The molecule has 0 radical (unpaired) electrons. The Kier molecular flexibility index (Phi) is 2.75. The normalized spacial score (nSPS) is 37.6. The summed E-state index contributed by atoms with van der Waals surface area (Å²) >= 11 is 0. The van der Waals surface area contributed by atoms with Gasteiger partial charge in [-0.15, -0.1) is 0 Å². The van der Waals surface area contributed by atoms with Gasteiger partial charge in [0.05, 0.1) is 13.7 Å². The first-order valence-electron chi connectivity index (χ1n) is 5.82. The Hall–Kier alpha value is -0.610. The summed E-state index contributed by atoms with van der Waals surface area (Å²) in [5.41, 5.74) is -1.21. The van der Waals surface area contributed by atoms with Crippen molar-refractivity contribution < 1.29 is 19.0 Å². The van der Waals surface area contributed by atoms with Gasteiger partial charge in [-0.1, -0.05) is 13.8 Å². The molecule has 2 rings (SSSR count). The Morgan fingerprint density at radius 1 is 1.44 bits per heavy atom. The van der Waals surface area contributed by atoms with Crippen LogP contribution in [0, 0.1) is 11.8 Å². The zero-order chi connectivity index (χ0) is 12.0. The van der Waals surface area contributed by atoms with Crippen molar-refractivity contribution in [1.29, 1.82) is 0 Å². The van der Waals surface area contributed by atoms with Crippen LogP contribution in [-0.2, 0) is 19.0 Å². The van der Waals surface area contributed by atoms with Gasteiger partial charge in [-0.25, -0.2) is 4.79 Å². The van der Waals surface area contributed by atoms with Crippen LogP contribution in [0.15, 0.2) is 0 Å². The zero-order valence-corrected chi connectivity index (χ0v) is 10.4. The third kappa shape index (κ3) is 1.32. The van der Waals surface area contributed by atoms with Crippen molar-refractivity contribution in [3.05, 3.63) is 0 Å². The van der Waals surface area contributed by atoms with Gasteiger partial charge in [0, 0.05) is 7.11 Å². The molecule has 2 unspecified atom stereocenters. The SMILES string of the molecule is COCC1(C2CC2)OC1(C(=O)OC)C(C)C. The van der Waals surface area contributed by atoms with Crippen LogP contribution in [0.1, 0.15) is 26.7 Å². The fourth-order valence-electron chi connectivity index (χ4n) is 2.88. The molecule has 92 valence electrons. The number of carbonyl (C=O) groups is 1. The second kappa shape index (κ2) is 3.70. The highest BCUT2D eigenvalue weighted by Gasteiger charge is 2.81. The predicted molar refractivity (Wildman–Crippen MR) is 58.0 cm³/mol. The molecular formula is C12H20O4. The molecule has 0 aromatic rings. The van der Waals surface area contributed by atoms with Crippen molar-refractivity contribution in [3.8, 4) is 0 Å². The molecule has 0 amide bonds. The largest absolute Gasteiger partial charge is 0.467 e. The van der Waals surface area contributed by atoms with E-state index in [0.29, 0.717) is 12.5 Å². The molecule has 16 heavy (non-hydrogen) atoms. The topological polar surface area (TPSA) is 48.1 Å². The number of carbonyl (C=O) groups excluding carboxylic acids is 1. The molecule has 0 spiro atoms. The smallest absolute Gasteiger partial charge is 0.341 e. The maximum Gasteiger partial charge on any atom is 0.341 e. The third-order valence-electron chi connectivity index (χ3n) is 3.83. The average Bonchev–Trinajstić information content (AvgIpc) is 3.10. The number of epoxide rings is 1. The highest BCUT2D eigenvalue weighted by Crippen LogP contribution is 2.64. The van der Waals surface area contributed by atoms with Crippen LogP contribution in [0.25, 0.3) is 0 Å². The Bertz CT molecular complexity index is 297. The maximum atomic E-state index is 12.0. The molecule has 2 fully saturated rings. The summed E-state index contributed by atoms with van der Waals surface area (Å²) in [5, 5.41) is 0. The molecule has 4 nitrogen and oxygen atoms in total. The molecule has 1 aliphatic carbocycles. The molecule has 0 aromatic carbocycles. The first-order valence-corrected chi connectivity index (χ1v) is 5.82. The van der Waals surface area contributed by atoms with E-state index in [1.807, 2.05) is 13.8 Å². The lowest BCUT2D eigenvalue weighted by Gasteiger charge is -2.20. The van der Waals surface area contributed by atoms with Gasteiger partial charge in [0.15, 0.2) is 5.60 Å². The second-order valence-corrected chi connectivity index (χ2v) is 5.08. The molecule has 2 aliphatic rings. The highest BCUT2D eigenvalue weighted by atomic mass is 16.7. The quantitative estimate of drug-likeness (QED) is 0.527. The molecule has 1 heterocycles. The Morgan fingerprint density at radius 2 is 2.06 bits per heavy atom. The van der Waals surface area contributed by atoms with Gasteiger partial charge >= 0.3 is 5.97 Å². The van der Waals surface area contributed by atoms with Gasteiger partial charge < -0.3 is 14.2 Å². The number of ether oxygens (including phenoxy) is 3. The minimum absolute atomic E-state index is 0.107. The lowest BCUT2D eigenvalue weighted by molar-refractivity contribution is -0.148. The zero-order valence-electron chi connectivity index (χ0n) is 10.4. The van der Waals surface area contributed by atoms with E-state index >= 15 is 0 Å². The fourth-order valence-corrected chi connectivity index (χ4v) is 2.88. The van der Waals surface area contributed by atoms with E-state index in [1.165, 1.54) is 7.11 Å². The number of esters is 1. The first kappa shape index (κ1) is 11.9. The standard InChI is InChI=1S/C12H20O4/c1-8(2)12(10(13)15-4)11(16-12,7-14-3)9-5-6-9/h8-9H,5-7H2,1-4H3. The predicted octanol–water partition coefficient (Wildman–Crippen LogP) is 1.38. The minimum atomic E-state index is -0.779. The molecule has 0 bridgehead atoms. The van der Waals surface area contributed by atoms with Crippen molar-refractivity contribution >= 4 is 5.97 Å². The number of hydrogen-bond donors (Lipinski definition) is 0. The van der Waals surface area contributed by atoms with Crippen LogP contribution in [0.4, 0.5) is 0 Å². The van der Waals surface area contributed by atoms with Gasteiger partial charge in [0.1, 0.15) is 5.60 Å². The Labute approximate surface area is 96.2 Å². The molecule has 2 atom stereocenters. The Morgan fingerprint density at radius 3 is 2.44 bits per heavy atom. The van der Waals surface area contributed by atoms with Gasteiger partial charge in [0.25, 0.3) is 0 Å². The van der Waals surface area contributed by atoms with Crippen molar-refractivity contribution in [1.82, 2.24) is 0 Å². The van der Waals surface area contributed by atoms with Crippen LogP contribution in [0.5, 0.6) is 0 Å². The van der Waals surface area contributed by atoms with E-state index in [9.17, 15) is 4.79 Å². The summed E-state index contributed by atoms with van der Waals surface area (Å²) in [6, 6.07) is 0. The van der Waals surface area contributed by atoms with Crippen LogP contribution >= 0.6 is 0 Å². The van der Waals surface area contributed by atoms with Crippen LogP contribution in [0.3, 0.4) is 0 Å². The summed E-state index contributed by atoms with van der Waals surface area (Å²) in [6.07, 6.45) is 2.24. The van der Waals surface area contributed by atoms with Gasteiger partial charge in [0.2, 0.25) is 0 Å². The maximum absolute atomic E-state index is 12.0.